The number of fused-ring (bicyclic) bond motifs is 1. The van der Waals surface area contributed by atoms with E-state index in [2.05, 4.69) is 0 Å². The van der Waals surface area contributed by atoms with E-state index in [1.807, 2.05) is 46.8 Å². The number of carbonyl (C=O) groups is 1. The summed E-state index contributed by atoms with van der Waals surface area (Å²) in [7, 11) is 3.29. The Morgan fingerprint density at radius 2 is 1.92 bits per heavy atom. The van der Waals surface area contributed by atoms with Gasteiger partial charge in [0.2, 0.25) is 6.33 Å². The number of ether oxygens (including phenoxy) is 2. The molecular formula is C19H21N2O4+. The van der Waals surface area contributed by atoms with Crippen molar-refractivity contribution >= 4 is 17.0 Å². The van der Waals surface area contributed by atoms with Crippen LogP contribution in [0.25, 0.3) is 11.0 Å². The van der Waals surface area contributed by atoms with E-state index in [9.17, 15) is 9.90 Å². The first-order valence-corrected chi connectivity index (χ1v) is 8.02. The van der Waals surface area contributed by atoms with Crippen LogP contribution in [0.2, 0.25) is 0 Å². The predicted molar refractivity (Wildman–Crippen MR) is 92.4 cm³/mol. The van der Waals surface area contributed by atoms with Crippen molar-refractivity contribution in [2.75, 3.05) is 13.7 Å². The molecule has 0 spiro atoms. The number of aliphatic hydroxyl groups is 1. The van der Waals surface area contributed by atoms with Gasteiger partial charge in [-0.2, -0.15) is 0 Å². The topological polar surface area (TPSA) is 64.6 Å². The van der Waals surface area contributed by atoms with Crippen molar-refractivity contribution in [1.29, 1.82) is 0 Å². The number of aryl methyl sites for hydroxylation is 1. The second-order valence-corrected chi connectivity index (χ2v) is 5.82. The lowest BCUT2D eigenvalue weighted by atomic mass is 10.2. The molecule has 3 aromatic rings. The maximum absolute atomic E-state index is 11.7. The van der Waals surface area contributed by atoms with Crippen molar-refractivity contribution in [2.45, 2.75) is 12.6 Å². The van der Waals surface area contributed by atoms with Gasteiger partial charge in [0.25, 0.3) is 0 Å². The molecule has 0 aliphatic carbocycles. The molecule has 0 fully saturated rings. The largest absolute Gasteiger partial charge is 0.490 e. The Hall–Kier alpha value is -2.86. The zero-order valence-electron chi connectivity index (χ0n) is 14.3. The normalized spacial score (nSPS) is 12.1. The number of rotatable bonds is 6. The van der Waals surface area contributed by atoms with E-state index in [0.29, 0.717) is 17.9 Å². The second kappa shape index (κ2) is 7.36. The quantitative estimate of drug-likeness (QED) is 0.547. The van der Waals surface area contributed by atoms with Crippen LogP contribution in [0.4, 0.5) is 0 Å². The predicted octanol–water partition coefficient (Wildman–Crippen LogP) is 1.69. The molecule has 0 amide bonds. The monoisotopic (exact) mass is 341 g/mol. The molecule has 1 N–H and O–H groups in total. The van der Waals surface area contributed by atoms with Crippen molar-refractivity contribution in [2.24, 2.45) is 7.05 Å². The molecule has 0 saturated carbocycles. The Morgan fingerprint density at radius 3 is 2.72 bits per heavy atom. The number of para-hydroxylation sites is 3. The van der Waals surface area contributed by atoms with E-state index in [4.69, 9.17) is 9.47 Å². The maximum atomic E-state index is 11.7. The zero-order chi connectivity index (χ0) is 17.8. The molecular weight excluding hydrogens is 320 g/mol. The van der Waals surface area contributed by atoms with Gasteiger partial charge < -0.3 is 14.6 Å². The van der Waals surface area contributed by atoms with E-state index in [-0.39, 0.29) is 6.61 Å². The molecule has 25 heavy (non-hydrogen) atoms. The van der Waals surface area contributed by atoms with Crippen LogP contribution >= 0.6 is 0 Å². The average molecular weight is 341 g/mol. The van der Waals surface area contributed by atoms with E-state index < -0.39 is 12.1 Å². The van der Waals surface area contributed by atoms with E-state index in [1.165, 1.54) is 7.11 Å². The van der Waals surface area contributed by atoms with Gasteiger partial charge in [-0.3, -0.25) is 0 Å². The lowest BCUT2D eigenvalue weighted by Crippen LogP contribution is -2.27. The summed E-state index contributed by atoms with van der Waals surface area (Å²) < 4.78 is 14.4. The van der Waals surface area contributed by atoms with Gasteiger partial charge in [0, 0.05) is 0 Å². The van der Waals surface area contributed by atoms with Crippen LogP contribution in [-0.2, 0) is 18.3 Å². The van der Waals surface area contributed by atoms with Crippen LogP contribution in [0.15, 0.2) is 54.9 Å². The molecule has 1 aromatic heterocycles. The zero-order valence-corrected chi connectivity index (χ0v) is 14.3. The molecule has 6 nitrogen and oxygen atoms in total. The van der Waals surface area contributed by atoms with Gasteiger partial charge in [-0.15, -0.1) is 0 Å². The smallest absolute Gasteiger partial charge is 0.341 e. The standard InChI is InChI=1S/C19H21N2O4/c1-20-13-21(17-9-5-4-8-16(17)20)11-14(22)12-25-18-10-6-3-7-15(18)19(23)24-2/h3-10,13-14,22H,11-12H2,1-2H3/q+1. The van der Waals surface area contributed by atoms with Crippen molar-refractivity contribution in [3.63, 3.8) is 0 Å². The number of esters is 1. The number of nitrogens with zero attached hydrogens (tertiary/aromatic N) is 2. The van der Waals surface area contributed by atoms with Gasteiger partial charge in [0.15, 0.2) is 11.0 Å². The molecule has 130 valence electrons. The SMILES string of the molecule is COC(=O)c1ccccc1OCC(O)Cn1c[n+](C)c2ccccc21. The Bertz CT molecular complexity index is 888. The Labute approximate surface area is 145 Å². The summed E-state index contributed by atoms with van der Waals surface area (Å²) >= 11 is 0. The highest BCUT2D eigenvalue weighted by atomic mass is 16.5. The summed E-state index contributed by atoms with van der Waals surface area (Å²) in [4.78, 5) is 11.7. The summed E-state index contributed by atoms with van der Waals surface area (Å²) in [6, 6.07) is 14.8. The van der Waals surface area contributed by atoms with Crippen LogP contribution in [0, 0.1) is 0 Å². The van der Waals surface area contributed by atoms with E-state index >= 15 is 0 Å². The Kier molecular flexibility index (Phi) is 5.00. The fraction of sp³-hybridized carbons (Fsp3) is 0.263. The van der Waals surface area contributed by atoms with Crippen molar-refractivity contribution in [3.05, 3.63) is 60.4 Å². The summed E-state index contributed by atoms with van der Waals surface area (Å²) in [6.07, 6.45) is 1.22. The highest BCUT2D eigenvalue weighted by Gasteiger charge is 2.18. The number of aromatic nitrogens is 2. The highest BCUT2D eigenvalue weighted by Crippen LogP contribution is 2.19. The lowest BCUT2D eigenvalue weighted by molar-refractivity contribution is -0.645. The van der Waals surface area contributed by atoms with Crippen LogP contribution in [0.5, 0.6) is 5.75 Å². The van der Waals surface area contributed by atoms with Crippen molar-refractivity contribution in [3.8, 4) is 5.75 Å². The van der Waals surface area contributed by atoms with Crippen molar-refractivity contribution in [1.82, 2.24) is 4.57 Å². The Balaban J connectivity index is 1.69. The van der Waals surface area contributed by atoms with Gasteiger partial charge in [-0.05, 0) is 24.3 Å². The summed E-state index contributed by atoms with van der Waals surface area (Å²) in [5, 5.41) is 10.3. The van der Waals surface area contributed by atoms with Gasteiger partial charge in [0.05, 0.1) is 14.2 Å². The second-order valence-electron chi connectivity index (χ2n) is 5.82. The molecule has 0 aliphatic rings. The molecule has 0 saturated heterocycles. The van der Waals surface area contributed by atoms with Crippen molar-refractivity contribution < 1.29 is 23.9 Å². The maximum Gasteiger partial charge on any atom is 0.341 e. The van der Waals surface area contributed by atoms with Crippen LogP contribution in [-0.4, -0.2) is 35.5 Å². The number of hydrogen-bond acceptors (Lipinski definition) is 4. The number of benzene rings is 2. The Morgan fingerprint density at radius 1 is 1.20 bits per heavy atom. The number of hydrogen-bond donors (Lipinski definition) is 1. The minimum atomic E-state index is -0.721. The number of methoxy groups -OCH3 is 1. The molecule has 1 heterocycles. The molecule has 1 atom stereocenters. The van der Waals surface area contributed by atoms with E-state index in [0.717, 1.165) is 11.0 Å². The van der Waals surface area contributed by atoms with Crippen LogP contribution in [0.3, 0.4) is 0 Å². The first kappa shape index (κ1) is 17.0. The first-order valence-electron chi connectivity index (χ1n) is 8.02. The van der Waals surface area contributed by atoms with Gasteiger partial charge in [-0.1, -0.05) is 24.3 Å². The third-order valence-corrected chi connectivity index (χ3v) is 4.01. The molecule has 3 rings (SSSR count). The molecule has 0 bridgehead atoms. The van der Waals surface area contributed by atoms with Crippen LogP contribution in [0.1, 0.15) is 10.4 Å². The first-order chi connectivity index (χ1) is 12.1. The van der Waals surface area contributed by atoms with E-state index in [1.54, 1.807) is 24.3 Å². The number of carbonyl (C=O) groups excluding carboxylic acids is 1. The highest BCUT2D eigenvalue weighted by molar-refractivity contribution is 5.92. The lowest BCUT2D eigenvalue weighted by Gasteiger charge is -2.13. The number of aliphatic hydroxyl groups excluding tert-OH is 1. The molecule has 6 heteroatoms. The fourth-order valence-corrected chi connectivity index (χ4v) is 2.82. The minimum absolute atomic E-state index is 0.0736. The third-order valence-electron chi connectivity index (χ3n) is 4.01. The van der Waals surface area contributed by atoms with Gasteiger partial charge >= 0.3 is 5.97 Å². The summed E-state index contributed by atoms with van der Waals surface area (Å²) in [5.74, 6) is -0.0650. The molecule has 1 unspecified atom stereocenters. The van der Waals surface area contributed by atoms with Crippen LogP contribution < -0.4 is 9.30 Å². The molecule has 0 aliphatic heterocycles. The fourth-order valence-electron chi connectivity index (χ4n) is 2.82. The summed E-state index contributed by atoms with van der Waals surface area (Å²) in [5.41, 5.74) is 2.47. The summed E-state index contributed by atoms with van der Waals surface area (Å²) in [6.45, 7) is 0.464. The van der Waals surface area contributed by atoms with Gasteiger partial charge in [0.1, 0.15) is 30.6 Å². The van der Waals surface area contributed by atoms with Gasteiger partial charge in [-0.25, -0.2) is 13.9 Å². The molecule has 0 radical (unpaired) electrons. The molecule has 2 aromatic carbocycles. The number of imidazole rings is 1. The average Bonchev–Trinajstić information content (AvgIpc) is 2.95. The third kappa shape index (κ3) is 3.64. The minimum Gasteiger partial charge on any atom is -0.490 e.